The summed E-state index contributed by atoms with van der Waals surface area (Å²) in [5.74, 6) is 1.82. The molecule has 0 heterocycles. The average Bonchev–Trinajstić information content (AvgIpc) is 3.22. The van der Waals surface area contributed by atoms with E-state index in [4.69, 9.17) is 10.5 Å². The first-order valence-corrected chi connectivity index (χ1v) is 8.22. The maximum Gasteiger partial charge on any atom is 0.119 e. The summed E-state index contributed by atoms with van der Waals surface area (Å²) in [5, 5.41) is 0. The van der Waals surface area contributed by atoms with Gasteiger partial charge in [-0.1, -0.05) is 12.1 Å². The Kier molecular flexibility index (Phi) is 5.65. The molecular weight excluding hydrogens is 260 g/mol. The van der Waals surface area contributed by atoms with Crippen LogP contribution in [0.3, 0.4) is 0 Å². The van der Waals surface area contributed by atoms with Gasteiger partial charge in [0.05, 0.1) is 6.10 Å². The maximum absolute atomic E-state index is 6.40. The fraction of sp³-hybridized carbons (Fsp3) is 0.667. The van der Waals surface area contributed by atoms with Crippen LogP contribution in [0, 0.1) is 5.92 Å². The van der Waals surface area contributed by atoms with E-state index in [0.717, 1.165) is 18.2 Å². The largest absolute Gasteiger partial charge is 0.491 e. The minimum atomic E-state index is 0.0687. The summed E-state index contributed by atoms with van der Waals surface area (Å²) in [6.45, 7) is 10.7. The van der Waals surface area contributed by atoms with Crippen molar-refractivity contribution in [3.63, 3.8) is 0 Å². The third-order valence-corrected chi connectivity index (χ3v) is 4.03. The Hall–Kier alpha value is -1.06. The minimum absolute atomic E-state index is 0.0687. The molecule has 1 fully saturated rings. The van der Waals surface area contributed by atoms with Crippen LogP contribution in [0.2, 0.25) is 0 Å². The second-order valence-electron chi connectivity index (χ2n) is 6.83. The molecule has 1 aromatic rings. The molecule has 0 amide bonds. The predicted molar refractivity (Wildman–Crippen MR) is 88.6 cm³/mol. The molecule has 1 saturated carbocycles. The van der Waals surface area contributed by atoms with Crippen LogP contribution < -0.4 is 10.5 Å². The van der Waals surface area contributed by atoms with E-state index in [1.807, 2.05) is 26.0 Å². The third kappa shape index (κ3) is 5.33. The van der Waals surface area contributed by atoms with E-state index in [9.17, 15) is 0 Å². The molecule has 0 radical (unpaired) electrons. The molecular formula is C18H30N2O. The molecule has 0 aliphatic heterocycles. The van der Waals surface area contributed by atoms with Crippen molar-refractivity contribution in [2.75, 3.05) is 13.1 Å². The average molecular weight is 290 g/mol. The van der Waals surface area contributed by atoms with Crippen LogP contribution >= 0.6 is 0 Å². The molecule has 21 heavy (non-hydrogen) atoms. The summed E-state index contributed by atoms with van der Waals surface area (Å²) in [4.78, 5) is 2.51. The summed E-state index contributed by atoms with van der Waals surface area (Å²) >= 11 is 0. The Morgan fingerprint density at radius 3 is 2.24 bits per heavy atom. The molecule has 1 aromatic carbocycles. The van der Waals surface area contributed by atoms with Crippen LogP contribution in [0.1, 0.15) is 52.1 Å². The smallest absolute Gasteiger partial charge is 0.119 e. The first-order chi connectivity index (χ1) is 9.95. The fourth-order valence-corrected chi connectivity index (χ4v) is 2.55. The van der Waals surface area contributed by atoms with Gasteiger partial charge >= 0.3 is 0 Å². The molecule has 118 valence electrons. The van der Waals surface area contributed by atoms with E-state index in [1.54, 1.807) is 0 Å². The quantitative estimate of drug-likeness (QED) is 0.795. The Bertz CT molecular complexity index is 423. The van der Waals surface area contributed by atoms with E-state index >= 15 is 0 Å². The highest BCUT2D eigenvalue weighted by atomic mass is 16.5. The van der Waals surface area contributed by atoms with Crippen molar-refractivity contribution in [2.24, 2.45) is 11.7 Å². The van der Waals surface area contributed by atoms with Gasteiger partial charge in [-0.3, -0.25) is 4.90 Å². The Morgan fingerprint density at radius 2 is 1.76 bits per heavy atom. The van der Waals surface area contributed by atoms with Gasteiger partial charge in [0.25, 0.3) is 0 Å². The molecule has 0 bridgehead atoms. The second-order valence-corrected chi connectivity index (χ2v) is 6.83. The van der Waals surface area contributed by atoms with Crippen molar-refractivity contribution in [3.8, 4) is 5.75 Å². The number of hydrogen-bond acceptors (Lipinski definition) is 3. The number of nitrogens with zero attached hydrogens (tertiary/aromatic N) is 1. The zero-order valence-corrected chi connectivity index (χ0v) is 13.9. The van der Waals surface area contributed by atoms with Crippen molar-refractivity contribution in [2.45, 2.75) is 58.7 Å². The van der Waals surface area contributed by atoms with Crippen LogP contribution in [0.4, 0.5) is 0 Å². The summed E-state index contributed by atoms with van der Waals surface area (Å²) in [6.07, 6.45) is 2.99. The van der Waals surface area contributed by atoms with Crippen LogP contribution in [-0.2, 0) is 0 Å². The van der Waals surface area contributed by atoms with Crippen LogP contribution in [-0.4, -0.2) is 30.1 Å². The van der Waals surface area contributed by atoms with Crippen molar-refractivity contribution < 1.29 is 4.74 Å². The van der Waals surface area contributed by atoms with Gasteiger partial charge < -0.3 is 10.5 Å². The first-order valence-electron chi connectivity index (χ1n) is 8.22. The van der Waals surface area contributed by atoms with Crippen molar-refractivity contribution in [3.05, 3.63) is 29.8 Å². The highest BCUT2D eigenvalue weighted by Gasteiger charge is 2.26. The summed E-state index contributed by atoms with van der Waals surface area (Å²) < 4.78 is 5.68. The molecule has 2 rings (SSSR count). The molecule has 1 aliphatic carbocycles. The van der Waals surface area contributed by atoms with Gasteiger partial charge in [-0.15, -0.1) is 0 Å². The highest BCUT2D eigenvalue weighted by Crippen LogP contribution is 2.31. The minimum Gasteiger partial charge on any atom is -0.491 e. The number of benzene rings is 1. The summed E-state index contributed by atoms with van der Waals surface area (Å²) in [6, 6.07) is 8.86. The first kappa shape index (κ1) is 16.3. The van der Waals surface area contributed by atoms with Gasteiger partial charge in [0, 0.05) is 25.2 Å². The van der Waals surface area contributed by atoms with Crippen molar-refractivity contribution >= 4 is 0 Å². The third-order valence-electron chi connectivity index (χ3n) is 4.03. The summed E-state index contributed by atoms with van der Waals surface area (Å²) in [5.41, 5.74) is 7.59. The van der Waals surface area contributed by atoms with Gasteiger partial charge in [0.2, 0.25) is 0 Å². The molecule has 1 aliphatic rings. The lowest BCUT2D eigenvalue weighted by Crippen LogP contribution is -2.38. The Morgan fingerprint density at radius 1 is 1.14 bits per heavy atom. The van der Waals surface area contributed by atoms with Gasteiger partial charge in [0.1, 0.15) is 5.75 Å². The monoisotopic (exact) mass is 290 g/mol. The van der Waals surface area contributed by atoms with E-state index < -0.39 is 0 Å². The molecule has 0 saturated heterocycles. The van der Waals surface area contributed by atoms with Crippen LogP contribution in [0.5, 0.6) is 5.75 Å². The number of nitrogens with two attached hydrogens (primary N) is 1. The number of hydrogen-bond donors (Lipinski definition) is 1. The van der Waals surface area contributed by atoms with Gasteiger partial charge in [0.15, 0.2) is 0 Å². The van der Waals surface area contributed by atoms with Crippen molar-refractivity contribution in [1.82, 2.24) is 4.90 Å². The molecule has 1 unspecified atom stereocenters. The number of rotatable bonds is 8. The SMILES string of the molecule is CC(C)Oc1ccc(C(N)CN(CC2CC2)C(C)C)cc1. The fourth-order valence-electron chi connectivity index (χ4n) is 2.55. The van der Waals surface area contributed by atoms with Crippen molar-refractivity contribution in [1.29, 1.82) is 0 Å². The highest BCUT2D eigenvalue weighted by molar-refractivity contribution is 5.29. The lowest BCUT2D eigenvalue weighted by atomic mass is 10.1. The summed E-state index contributed by atoms with van der Waals surface area (Å²) in [7, 11) is 0. The zero-order chi connectivity index (χ0) is 15.4. The Labute approximate surface area is 129 Å². The Balaban J connectivity index is 1.92. The van der Waals surface area contributed by atoms with E-state index in [-0.39, 0.29) is 12.1 Å². The molecule has 0 spiro atoms. The van der Waals surface area contributed by atoms with Crippen LogP contribution in [0.25, 0.3) is 0 Å². The normalized spacial score (nSPS) is 16.8. The predicted octanol–water partition coefficient (Wildman–Crippen LogP) is 3.59. The second kappa shape index (κ2) is 7.28. The molecule has 3 heteroatoms. The lowest BCUT2D eigenvalue weighted by molar-refractivity contribution is 0.200. The van der Waals surface area contributed by atoms with E-state index in [0.29, 0.717) is 6.04 Å². The molecule has 2 N–H and O–H groups in total. The van der Waals surface area contributed by atoms with E-state index in [2.05, 4.69) is 30.9 Å². The molecule has 3 nitrogen and oxygen atoms in total. The van der Waals surface area contributed by atoms with E-state index in [1.165, 1.54) is 24.9 Å². The zero-order valence-electron chi connectivity index (χ0n) is 13.9. The standard InChI is InChI=1S/C18H30N2O/c1-13(2)20(11-15-5-6-15)12-18(19)16-7-9-17(10-8-16)21-14(3)4/h7-10,13-15,18H,5-6,11-12,19H2,1-4H3. The topological polar surface area (TPSA) is 38.5 Å². The maximum atomic E-state index is 6.40. The molecule has 0 aromatic heterocycles. The van der Waals surface area contributed by atoms with Gasteiger partial charge in [-0.25, -0.2) is 0 Å². The number of ether oxygens (including phenoxy) is 1. The van der Waals surface area contributed by atoms with Crippen LogP contribution in [0.15, 0.2) is 24.3 Å². The lowest BCUT2D eigenvalue weighted by Gasteiger charge is -2.29. The van der Waals surface area contributed by atoms with Gasteiger partial charge in [-0.05, 0) is 64.2 Å². The molecule has 1 atom stereocenters. The van der Waals surface area contributed by atoms with Gasteiger partial charge in [-0.2, -0.15) is 0 Å².